The predicted octanol–water partition coefficient (Wildman–Crippen LogP) is 4.54. The van der Waals surface area contributed by atoms with Crippen LogP contribution >= 0.6 is 0 Å². The second kappa shape index (κ2) is 7.16. The smallest absolute Gasteiger partial charge is 0.259 e. The molecule has 2 aromatic carbocycles. The van der Waals surface area contributed by atoms with Crippen molar-refractivity contribution in [3.8, 4) is 11.3 Å². The summed E-state index contributed by atoms with van der Waals surface area (Å²) in [5.74, 6) is 0.513. The van der Waals surface area contributed by atoms with E-state index in [-0.39, 0.29) is 11.7 Å². The normalized spacial score (nSPS) is 13.8. The number of hydrogen-bond acceptors (Lipinski definition) is 3. The number of H-pyrrole nitrogens is 1. The zero-order chi connectivity index (χ0) is 19.8. The first kappa shape index (κ1) is 17.6. The fourth-order valence-electron chi connectivity index (χ4n) is 3.92. The van der Waals surface area contributed by atoms with Crippen molar-refractivity contribution in [1.82, 2.24) is 19.7 Å². The maximum Gasteiger partial charge on any atom is 0.259 e. The molecule has 0 unspecified atom stereocenters. The fraction of sp³-hybridized carbons (Fsp3) is 0.227. The largest absolute Gasteiger partial charge is 0.328 e. The van der Waals surface area contributed by atoms with Crippen LogP contribution in [0.15, 0.2) is 48.7 Å². The van der Waals surface area contributed by atoms with Gasteiger partial charge in [-0.1, -0.05) is 6.42 Å². The predicted molar refractivity (Wildman–Crippen MR) is 109 cm³/mol. The van der Waals surface area contributed by atoms with Crippen LogP contribution in [0.1, 0.15) is 35.4 Å². The van der Waals surface area contributed by atoms with E-state index in [4.69, 9.17) is 4.98 Å². The summed E-state index contributed by atoms with van der Waals surface area (Å²) >= 11 is 0. The number of aryl methyl sites for hydroxylation is 2. The first-order valence-electron chi connectivity index (χ1n) is 9.79. The van der Waals surface area contributed by atoms with Gasteiger partial charge in [0.25, 0.3) is 5.91 Å². The molecule has 0 atom stereocenters. The third-order valence-corrected chi connectivity index (χ3v) is 5.38. The molecule has 1 aliphatic rings. The number of rotatable bonds is 3. The van der Waals surface area contributed by atoms with Crippen LogP contribution in [0, 0.1) is 5.82 Å². The molecule has 0 saturated carbocycles. The molecule has 4 aromatic rings. The summed E-state index contributed by atoms with van der Waals surface area (Å²) in [4.78, 5) is 17.6. The topological polar surface area (TPSA) is 75.6 Å². The number of anilines is 1. The number of halogens is 1. The van der Waals surface area contributed by atoms with Gasteiger partial charge in [0, 0.05) is 24.2 Å². The van der Waals surface area contributed by atoms with Gasteiger partial charge in [0.15, 0.2) is 0 Å². The molecule has 1 amide bonds. The molecule has 0 saturated heterocycles. The van der Waals surface area contributed by atoms with E-state index in [1.807, 2.05) is 18.2 Å². The van der Waals surface area contributed by atoms with Crippen LogP contribution in [0.3, 0.4) is 0 Å². The van der Waals surface area contributed by atoms with E-state index in [1.54, 1.807) is 12.1 Å². The monoisotopic (exact) mass is 389 g/mol. The molecule has 146 valence electrons. The van der Waals surface area contributed by atoms with Gasteiger partial charge >= 0.3 is 0 Å². The molecule has 2 N–H and O–H groups in total. The SMILES string of the molecule is O=C(Nc1ccc2c(c1)nc1n2CCCCC1)c1cn[nH]c1-c1ccc(F)cc1. The van der Waals surface area contributed by atoms with Gasteiger partial charge in [0.1, 0.15) is 11.6 Å². The average molecular weight is 389 g/mol. The van der Waals surface area contributed by atoms with Crippen LogP contribution in [-0.4, -0.2) is 25.7 Å². The van der Waals surface area contributed by atoms with Gasteiger partial charge in [-0.05, 0) is 55.3 Å². The summed E-state index contributed by atoms with van der Waals surface area (Å²) in [7, 11) is 0. The highest BCUT2D eigenvalue weighted by Crippen LogP contribution is 2.26. The molecule has 1 aliphatic heterocycles. The fourth-order valence-corrected chi connectivity index (χ4v) is 3.92. The lowest BCUT2D eigenvalue weighted by Gasteiger charge is -2.07. The van der Waals surface area contributed by atoms with E-state index in [0.717, 1.165) is 29.8 Å². The molecule has 0 bridgehead atoms. The molecule has 6 nitrogen and oxygen atoms in total. The first-order valence-corrected chi connectivity index (χ1v) is 9.79. The van der Waals surface area contributed by atoms with Gasteiger partial charge in [0.05, 0.1) is 28.5 Å². The van der Waals surface area contributed by atoms with E-state index in [9.17, 15) is 9.18 Å². The quantitative estimate of drug-likeness (QED) is 0.540. The number of amides is 1. The van der Waals surface area contributed by atoms with E-state index in [1.165, 1.54) is 37.6 Å². The van der Waals surface area contributed by atoms with Crippen molar-refractivity contribution in [3.05, 3.63) is 65.9 Å². The lowest BCUT2D eigenvalue weighted by atomic mass is 10.1. The third kappa shape index (κ3) is 3.29. The summed E-state index contributed by atoms with van der Waals surface area (Å²) in [6.45, 7) is 0.994. The second-order valence-corrected chi connectivity index (χ2v) is 7.31. The molecule has 29 heavy (non-hydrogen) atoms. The van der Waals surface area contributed by atoms with Crippen molar-refractivity contribution in [1.29, 1.82) is 0 Å². The summed E-state index contributed by atoms with van der Waals surface area (Å²) in [5, 5.41) is 9.75. The minimum atomic E-state index is -0.328. The summed E-state index contributed by atoms with van der Waals surface area (Å²) in [6.07, 6.45) is 6.04. The zero-order valence-corrected chi connectivity index (χ0v) is 15.8. The summed E-state index contributed by atoms with van der Waals surface area (Å²) in [5.41, 5.74) is 4.33. The molecular weight excluding hydrogens is 369 g/mol. The number of fused-ring (bicyclic) bond motifs is 3. The Morgan fingerprint density at radius 3 is 2.83 bits per heavy atom. The van der Waals surface area contributed by atoms with Gasteiger partial charge in [-0.25, -0.2) is 9.37 Å². The Kier molecular flexibility index (Phi) is 4.35. The summed E-state index contributed by atoms with van der Waals surface area (Å²) in [6, 6.07) is 11.8. The number of aromatic amines is 1. The second-order valence-electron chi connectivity index (χ2n) is 7.31. The van der Waals surface area contributed by atoms with Crippen LogP contribution in [0.4, 0.5) is 10.1 Å². The van der Waals surface area contributed by atoms with Crippen molar-refractivity contribution >= 4 is 22.6 Å². The molecule has 5 rings (SSSR count). The minimum absolute atomic E-state index is 0.279. The van der Waals surface area contributed by atoms with E-state index < -0.39 is 0 Å². The minimum Gasteiger partial charge on any atom is -0.328 e. The lowest BCUT2D eigenvalue weighted by Crippen LogP contribution is -2.12. The number of aromatic nitrogens is 4. The Bertz CT molecular complexity index is 1190. The van der Waals surface area contributed by atoms with Crippen molar-refractivity contribution in [2.24, 2.45) is 0 Å². The van der Waals surface area contributed by atoms with Crippen LogP contribution < -0.4 is 5.32 Å². The van der Waals surface area contributed by atoms with E-state index in [2.05, 4.69) is 20.1 Å². The Morgan fingerprint density at radius 2 is 1.97 bits per heavy atom. The van der Waals surface area contributed by atoms with Crippen molar-refractivity contribution < 1.29 is 9.18 Å². The van der Waals surface area contributed by atoms with Gasteiger partial charge in [-0.2, -0.15) is 5.10 Å². The van der Waals surface area contributed by atoms with Gasteiger partial charge in [-0.3, -0.25) is 9.89 Å². The Hall–Kier alpha value is -3.48. The van der Waals surface area contributed by atoms with Crippen LogP contribution in [0.25, 0.3) is 22.3 Å². The maximum absolute atomic E-state index is 13.2. The lowest BCUT2D eigenvalue weighted by molar-refractivity contribution is 0.102. The molecule has 0 radical (unpaired) electrons. The number of nitrogens with one attached hydrogen (secondary N) is 2. The standard InChI is InChI=1S/C22H20FN5O/c23-15-7-5-14(6-8-15)21-17(13-24-27-21)22(29)25-16-9-10-19-18(12-16)26-20-4-2-1-3-11-28(19)20/h5-10,12-13H,1-4,11H2,(H,24,27)(H,25,29). The first-order chi connectivity index (χ1) is 14.2. The molecular formula is C22H20FN5O. The third-order valence-electron chi connectivity index (χ3n) is 5.38. The Morgan fingerprint density at radius 1 is 1.10 bits per heavy atom. The van der Waals surface area contributed by atoms with Crippen molar-refractivity contribution in [2.45, 2.75) is 32.2 Å². The van der Waals surface area contributed by atoms with Crippen LogP contribution in [0.5, 0.6) is 0 Å². The van der Waals surface area contributed by atoms with Gasteiger partial charge < -0.3 is 9.88 Å². The highest BCUT2D eigenvalue weighted by Gasteiger charge is 2.17. The highest BCUT2D eigenvalue weighted by atomic mass is 19.1. The molecule has 0 spiro atoms. The summed E-state index contributed by atoms with van der Waals surface area (Å²) < 4.78 is 15.5. The molecule has 2 aromatic heterocycles. The number of carbonyl (C=O) groups is 1. The van der Waals surface area contributed by atoms with Crippen molar-refractivity contribution in [2.75, 3.05) is 5.32 Å². The van der Waals surface area contributed by atoms with E-state index in [0.29, 0.717) is 22.5 Å². The van der Waals surface area contributed by atoms with Crippen molar-refractivity contribution in [3.63, 3.8) is 0 Å². The number of nitrogens with zero attached hydrogens (tertiary/aromatic N) is 3. The van der Waals surface area contributed by atoms with Gasteiger partial charge in [-0.15, -0.1) is 0 Å². The number of imidazole rings is 1. The molecule has 3 heterocycles. The number of carbonyl (C=O) groups excluding carboxylic acids is 1. The van der Waals surface area contributed by atoms with Crippen LogP contribution in [0.2, 0.25) is 0 Å². The van der Waals surface area contributed by atoms with E-state index >= 15 is 0 Å². The molecule has 0 fully saturated rings. The molecule has 7 heteroatoms. The molecule has 0 aliphatic carbocycles. The Balaban J connectivity index is 1.42. The number of hydrogen-bond donors (Lipinski definition) is 2. The average Bonchev–Trinajstić information content (AvgIpc) is 3.27. The highest BCUT2D eigenvalue weighted by molar-refractivity contribution is 6.08. The number of benzene rings is 2. The maximum atomic E-state index is 13.2. The van der Waals surface area contributed by atoms with Gasteiger partial charge in [0.2, 0.25) is 0 Å². The van der Waals surface area contributed by atoms with Crippen LogP contribution in [-0.2, 0) is 13.0 Å². The Labute approximate surface area is 166 Å². The zero-order valence-electron chi connectivity index (χ0n) is 15.8.